The molecule has 1 unspecified atom stereocenters. The van der Waals surface area contributed by atoms with Crippen molar-refractivity contribution in [2.75, 3.05) is 6.61 Å². The minimum Gasteiger partial charge on any atom is -0.508 e. The van der Waals surface area contributed by atoms with Gasteiger partial charge in [0.1, 0.15) is 12.4 Å². The minimum atomic E-state index is -0.0993. The highest BCUT2D eigenvalue weighted by Gasteiger charge is 2.13. The molecule has 0 fully saturated rings. The van der Waals surface area contributed by atoms with Crippen molar-refractivity contribution in [3.05, 3.63) is 78.6 Å². The monoisotopic (exact) mass is 325 g/mol. The zero-order chi connectivity index (χ0) is 17.2. The number of nitrogens with one attached hydrogen (secondary N) is 1. The molecule has 0 heterocycles. The van der Waals surface area contributed by atoms with Gasteiger partial charge in [-0.05, 0) is 36.1 Å². The molecule has 2 aromatic rings. The van der Waals surface area contributed by atoms with Crippen molar-refractivity contribution >= 4 is 5.91 Å². The molecule has 1 amide bonds. The number of ether oxygens (including phenoxy) is 1. The second-order valence-electron chi connectivity index (χ2n) is 5.62. The molecule has 0 aliphatic heterocycles. The highest BCUT2D eigenvalue weighted by molar-refractivity contribution is 5.76. The number of phenolic OH excluding ortho intramolecular Hbond substituents is 1. The smallest absolute Gasteiger partial charge is 0.220 e. The van der Waals surface area contributed by atoms with E-state index in [1.807, 2.05) is 42.5 Å². The molecule has 4 nitrogen and oxygen atoms in total. The van der Waals surface area contributed by atoms with E-state index in [9.17, 15) is 9.90 Å². The van der Waals surface area contributed by atoms with Crippen LogP contribution in [0.3, 0.4) is 0 Å². The van der Waals surface area contributed by atoms with Gasteiger partial charge in [0.25, 0.3) is 0 Å². The van der Waals surface area contributed by atoms with Gasteiger partial charge < -0.3 is 15.2 Å². The topological polar surface area (TPSA) is 58.6 Å². The van der Waals surface area contributed by atoms with Gasteiger partial charge in [0.05, 0.1) is 12.3 Å². The Kier molecular flexibility index (Phi) is 6.90. The van der Waals surface area contributed by atoms with Crippen molar-refractivity contribution in [2.24, 2.45) is 0 Å². The van der Waals surface area contributed by atoms with Crippen LogP contribution in [0, 0.1) is 0 Å². The van der Waals surface area contributed by atoms with Crippen molar-refractivity contribution in [2.45, 2.75) is 25.3 Å². The number of carbonyl (C=O) groups excluding carboxylic acids is 1. The van der Waals surface area contributed by atoms with Gasteiger partial charge in [-0.1, -0.05) is 49.0 Å². The van der Waals surface area contributed by atoms with Crippen molar-refractivity contribution in [3.63, 3.8) is 0 Å². The molecule has 2 aromatic carbocycles. The average Bonchev–Trinajstić information content (AvgIpc) is 2.60. The first kappa shape index (κ1) is 17.6. The predicted molar refractivity (Wildman–Crippen MR) is 94.7 cm³/mol. The number of carbonyl (C=O) groups is 1. The molecular formula is C20H23NO3. The molecular weight excluding hydrogens is 302 g/mol. The lowest BCUT2D eigenvalue weighted by molar-refractivity contribution is -0.122. The minimum absolute atomic E-state index is 0.0170. The standard InChI is InChI=1S/C20H23NO3/c1-2-24-15-18(14-17-6-4-3-5-7-17)21-20(23)13-10-16-8-11-19(22)12-9-16/h2-9,11-12,18,22H,1,10,13-15H2,(H,21,23). The maximum Gasteiger partial charge on any atom is 0.220 e. The number of hydrogen-bond donors (Lipinski definition) is 2. The van der Waals surface area contributed by atoms with E-state index < -0.39 is 0 Å². The van der Waals surface area contributed by atoms with E-state index in [1.165, 1.54) is 6.26 Å². The first-order valence-corrected chi connectivity index (χ1v) is 8.01. The van der Waals surface area contributed by atoms with Gasteiger partial charge in [0.2, 0.25) is 5.91 Å². The Bertz CT molecular complexity index is 638. The summed E-state index contributed by atoms with van der Waals surface area (Å²) in [5.41, 5.74) is 2.17. The second-order valence-corrected chi connectivity index (χ2v) is 5.62. The summed E-state index contributed by atoms with van der Waals surface area (Å²) in [6.07, 6.45) is 3.12. The molecule has 0 saturated carbocycles. The predicted octanol–water partition coefficient (Wildman–Crippen LogP) is 3.21. The van der Waals surface area contributed by atoms with Gasteiger partial charge in [0, 0.05) is 6.42 Å². The Morgan fingerprint density at radius 1 is 1.12 bits per heavy atom. The Morgan fingerprint density at radius 3 is 2.50 bits per heavy atom. The zero-order valence-corrected chi connectivity index (χ0v) is 13.7. The second kappa shape index (κ2) is 9.40. The summed E-state index contributed by atoms with van der Waals surface area (Å²) in [6.45, 7) is 3.94. The first-order valence-electron chi connectivity index (χ1n) is 8.01. The lowest BCUT2D eigenvalue weighted by Crippen LogP contribution is -2.39. The molecule has 0 aromatic heterocycles. The summed E-state index contributed by atoms with van der Waals surface area (Å²) in [4.78, 5) is 12.2. The van der Waals surface area contributed by atoms with Crippen molar-refractivity contribution in [1.29, 1.82) is 0 Å². The Balaban J connectivity index is 1.86. The highest BCUT2D eigenvalue weighted by Crippen LogP contribution is 2.11. The quantitative estimate of drug-likeness (QED) is 0.696. The number of phenols is 1. The Hall–Kier alpha value is -2.75. The van der Waals surface area contributed by atoms with E-state index >= 15 is 0 Å². The fourth-order valence-electron chi connectivity index (χ4n) is 2.45. The zero-order valence-electron chi connectivity index (χ0n) is 13.7. The summed E-state index contributed by atoms with van der Waals surface area (Å²) in [7, 11) is 0. The number of aromatic hydroxyl groups is 1. The molecule has 126 valence electrons. The van der Waals surface area contributed by atoms with Gasteiger partial charge >= 0.3 is 0 Å². The first-order chi connectivity index (χ1) is 11.7. The van der Waals surface area contributed by atoms with Crippen LogP contribution in [0.1, 0.15) is 17.5 Å². The molecule has 0 aliphatic rings. The van der Waals surface area contributed by atoms with Crippen molar-refractivity contribution in [3.8, 4) is 5.75 Å². The van der Waals surface area contributed by atoms with Crippen molar-refractivity contribution in [1.82, 2.24) is 5.32 Å². The average molecular weight is 325 g/mol. The number of benzene rings is 2. The van der Waals surface area contributed by atoms with E-state index in [2.05, 4.69) is 11.9 Å². The van der Waals surface area contributed by atoms with Gasteiger partial charge in [-0.15, -0.1) is 0 Å². The summed E-state index contributed by atoms with van der Waals surface area (Å²) >= 11 is 0. The molecule has 0 bridgehead atoms. The lowest BCUT2D eigenvalue weighted by atomic mass is 10.1. The lowest BCUT2D eigenvalue weighted by Gasteiger charge is -2.18. The van der Waals surface area contributed by atoms with E-state index in [0.717, 1.165) is 11.1 Å². The van der Waals surface area contributed by atoms with E-state index in [1.54, 1.807) is 12.1 Å². The van der Waals surface area contributed by atoms with Gasteiger partial charge in [0.15, 0.2) is 0 Å². The van der Waals surface area contributed by atoms with Crippen LogP contribution in [0.2, 0.25) is 0 Å². The van der Waals surface area contributed by atoms with Crippen LogP contribution in [-0.2, 0) is 22.4 Å². The SMILES string of the molecule is C=COCC(Cc1ccccc1)NC(=O)CCc1ccc(O)cc1. The maximum absolute atomic E-state index is 12.2. The third-order valence-electron chi connectivity index (χ3n) is 3.68. The van der Waals surface area contributed by atoms with E-state index in [4.69, 9.17) is 4.74 Å². The summed E-state index contributed by atoms with van der Waals surface area (Å²) in [6, 6.07) is 16.8. The number of hydrogen-bond acceptors (Lipinski definition) is 3. The Labute approximate surface area is 142 Å². The fraction of sp³-hybridized carbons (Fsp3) is 0.250. The van der Waals surface area contributed by atoms with Gasteiger partial charge in [-0.25, -0.2) is 0 Å². The van der Waals surface area contributed by atoms with Gasteiger partial charge in [-0.3, -0.25) is 4.79 Å². The van der Waals surface area contributed by atoms with Crippen molar-refractivity contribution < 1.29 is 14.6 Å². The van der Waals surface area contributed by atoms with Crippen LogP contribution < -0.4 is 5.32 Å². The largest absolute Gasteiger partial charge is 0.508 e. The maximum atomic E-state index is 12.2. The molecule has 2 N–H and O–H groups in total. The third-order valence-corrected chi connectivity index (χ3v) is 3.68. The number of rotatable bonds is 9. The molecule has 2 rings (SSSR count). The van der Waals surface area contributed by atoms with Crippen LogP contribution >= 0.6 is 0 Å². The molecule has 0 saturated heterocycles. The van der Waals surface area contributed by atoms with E-state index in [0.29, 0.717) is 25.9 Å². The fourth-order valence-corrected chi connectivity index (χ4v) is 2.45. The normalized spacial score (nSPS) is 11.5. The molecule has 0 radical (unpaired) electrons. The third kappa shape index (κ3) is 6.16. The molecule has 0 spiro atoms. The molecule has 1 atom stereocenters. The number of aryl methyl sites for hydroxylation is 1. The molecule has 0 aliphatic carbocycles. The van der Waals surface area contributed by atoms with Crippen LogP contribution in [0.5, 0.6) is 5.75 Å². The van der Waals surface area contributed by atoms with Crippen LogP contribution in [-0.4, -0.2) is 23.7 Å². The summed E-state index contributed by atoms with van der Waals surface area (Å²) < 4.78 is 5.27. The van der Waals surface area contributed by atoms with Crippen LogP contribution in [0.4, 0.5) is 0 Å². The number of amides is 1. The highest BCUT2D eigenvalue weighted by atomic mass is 16.5. The Morgan fingerprint density at radius 2 is 1.83 bits per heavy atom. The van der Waals surface area contributed by atoms with E-state index in [-0.39, 0.29) is 17.7 Å². The van der Waals surface area contributed by atoms with Crippen LogP contribution in [0.25, 0.3) is 0 Å². The molecule has 24 heavy (non-hydrogen) atoms. The molecule has 4 heteroatoms. The van der Waals surface area contributed by atoms with Gasteiger partial charge in [-0.2, -0.15) is 0 Å². The summed E-state index contributed by atoms with van der Waals surface area (Å²) in [5.74, 6) is 0.212. The van der Waals surface area contributed by atoms with Crippen LogP contribution in [0.15, 0.2) is 67.4 Å². The summed E-state index contributed by atoms with van der Waals surface area (Å²) in [5, 5.41) is 12.3.